The molecule has 0 N–H and O–H groups in total. The van der Waals surface area contributed by atoms with Crippen LogP contribution >= 0.6 is 34.8 Å². The normalized spacial score (nSPS) is 16.9. The lowest BCUT2D eigenvalue weighted by Crippen LogP contribution is -2.48. The minimum absolute atomic E-state index is 0.151. The first-order chi connectivity index (χ1) is 11.9. The molecule has 5 nitrogen and oxygen atoms in total. The second-order valence-electron chi connectivity index (χ2n) is 5.73. The van der Waals surface area contributed by atoms with Gasteiger partial charge in [-0.25, -0.2) is 13.4 Å². The Morgan fingerprint density at radius 3 is 2.16 bits per heavy atom. The molecule has 1 saturated heterocycles. The summed E-state index contributed by atoms with van der Waals surface area (Å²) in [6.07, 6.45) is 0. The van der Waals surface area contributed by atoms with E-state index in [0.29, 0.717) is 43.0 Å². The molecule has 0 atom stereocenters. The van der Waals surface area contributed by atoms with Crippen LogP contribution in [0.2, 0.25) is 15.3 Å². The SMILES string of the molecule is O=S(=O)(c1ccccc1Cl)N1CCN(Cc2cc(Cl)nc(Cl)c2)CC1. The molecule has 134 valence electrons. The average molecular weight is 421 g/mol. The molecule has 0 amide bonds. The van der Waals surface area contributed by atoms with E-state index in [4.69, 9.17) is 34.8 Å². The molecule has 2 aromatic rings. The Morgan fingerprint density at radius 2 is 1.56 bits per heavy atom. The van der Waals surface area contributed by atoms with Crippen LogP contribution < -0.4 is 0 Å². The van der Waals surface area contributed by atoms with Crippen molar-refractivity contribution in [1.29, 1.82) is 0 Å². The smallest absolute Gasteiger partial charge is 0.244 e. The maximum absolute atomic E-state index is 12.7. The maximum Gasteiger partial charge on any atom is 0.244 e. The fraction of sp³-hybridized carbons (Fsp3) is 0.312. The Morgan fingerprint density at radius 1 is 0.960 bits per heavy atom. The van der Waals surface area contributed by atoms with Crippen LogP contribution in [0.5, 0.6) is 0 Å². The first-order valence-electron chi connectivity index (χ1n) is 7.65. The number of sulfonamides is 1. The summed E-state index contributed by atoms with van der Waals surface area (Å²) < 4.78 is 27.0. The Labute approximate surface area is 162 Å². The van der Waals surface area contributed by atoms with Gasteiger partial charge in [0.05, 0.1) is 5.02 Å². The zero-order valence-electron chi connectivity index (χ0n) is 13.2. The Hall–Kier alpha value is -0.890. The van der Waals surface area contributed by atoms with E-state index in [-0.39, 0.29) is 9.92 Å². The monoisotopic (exact) mass is 419 g/mol. The van der Waals surface area contributed by atoms with E-state index in [1.165, 1.54) is 10.4 Å². The Balaban J connectivity index is 1.66. The average Bonchev–Trinajstić information content (AvgIpc) is 2.54. The minimum Gasteiger partial charge on any atom is -0.296 e. The third-order valence-electron chi connectivity index (χ3n) is 4.01. The Bertz CT molecular complexity index is 848. The molecule has 1 aromatic carbocycles. The minimum atomic E-state index is -3.58. The van der Waals surface area contributed by atoms with Gasteiger partial charge in [0.1, 0.15) is 15.2 Å². The molecule has 0 unspecified atom stereocenters. The summed E-state index contributed by atoms with van der Waals surface area (Å²) >= 11 is 17.9. The first kappa shape index (κ1) is 18.9. The lowest BCUT2D eigenvalue weighted by molar-refractivity contribution is 0.181. The zero-order chi connectivity index (χ0) is 18.0. The van der Waals surface area contributed by atoms with Crippen LogP contribution in [0.1, 0.15) is 5.56 Å². The largest absolute Gasteiger partial charge is 0.296 e. The summed E-state index contributed by atoms with van der Waals surface area (Å²) in [5, 5.41) is 0.941. The van der Waals surface area contributed by atoms with Crippen LogP contribution in [0.25, 0.3) is 0 Å². The van der Waals surface area contributed by atoms with Gasteiger partial charge in [-0.2, -0.15) is 4.31 Å². The predicted octanol–water partition coefficient (Wildman–Crippen LogP) is 3.55. The molecule has 25 heavy (non-hydrogen) atoms. The second kappa shape index (κ2) is 7.78. The Kier molecular flexibility index (Phi) is 5.88. The van der Waals surface area contributed by atoms with Crippen LogP contribution in [0, 0.1) is 0 Å². The van der Waals surface area contributed by atoms with Crippen molar-refractivity contribution in [3.63, 3.8) is 0 Å². The summed E-state index contributed by atoms with van der Waals surface area (Å²) in [4.78, 5) is 6.23. The summed E-state index contributed by atoms with van der Waals surface area (Å²) in [6, 6.07) is 10.0. The van der Waals surface area contributed by atoms with Gasteiger partial charge in [0.25, 0.3) is 0 Å². The quantitative estimate of drug-likeness (QED) is 0.710. The highest BCUT2D eigenvalue weighted by atomic mass is 35.5. The predicted molar refractivity (Wildman–Crippen MR) is 99.7 cm³/mol. The third-order valence-corrected chi connectivity index (χ3v) is 6.80. The summed E-state index contributed by atoms with van der Waals surface area (Å²) in [5.74, 6) is 0. The number of hydrogen-bond acceptors (Lipinski definition) is 4. The standard InChI is InChI=1S/C16H16Cl3N3O2S/c17-13-3-1-2-4-14(13)25(23,24)22-7-5-21(6-8-22)11-12-9-15(18)20-16(19)10-12/h1-4,9-10H,5-8,11H2. The number of rotatable bonds is 4. The van der Waals surface area contributed by atoms with E-state index in [1.54, 1.807) is 30.3 Å². The third kappa shape index (κ3) is 4.45. The van der Waals surface area contributed by atoms with Gasteiger partial charge in [-0.3, -0.25) is 4.90 Å². The molecule has 2 heterocycles. The molecule has 0 spiro atoms. The number of piperazine rings is 1. The van der Waals surface area contributed by atoms with Crippen LogP contribution in [-0.4, -0.2) is 48.8 Å². The number of aromatic nitrogens is 1. The highest BCUT2D eigenvalue weighted by Gasteiger charge is 2.29. The lowest BCUT2D eigenvalue weighted by Gasteiger charge is -2.34. The van der Waals surface area contributed by atoms with Gasteiger partial charge in [-0.15, -0.1) is 0 Å². The van der Waals surface area contributed by atoms with E-state index >= 15 is 0 Å². The van der Waals surface area contributed by atoms with Gasteiger partial charge >= 0.3 is 0 Å². The number of halogens is 3. The molecule has 1 fully saturated rings. The number of pyridine rings is 1. The van der Waals surface area contributed by atoms with Crippen LogP contribution in [-0.2, 0) is 16.6 Å². The summed E-state index contributed by atoms with van der Waals surface area (Å²) in [5.41, 5.74) is 0.951. The highest BCUT2D eigenvalue weighted by molar-refractivity contribution is 7.89. The van der Waals surface area contributed by atoms with Crippen molar-refractivity contribution in [3.05, 3.63) is 57.3 Å². The maximum atomic E-state index is 12.7. The van der Waals surface area contributed by atoms with Gasteiger partial charge < -0.3 is 0 Å². The van der Waals surface area contributed by atoms with Crippen LogP contribution in [0.15, 0.2) is 41.3 Å². The molecule has 3 rings (SSSR count). The number of nitrogens with zero attached hydrogens (tertiary/aromatic N) is 3. The molecule has 0 aliphatic carbocycles. The zero-order valence-corrected chi connectivity index (χ0v) is 16.3. The summed E-state index contributed by atoms with van der Waals surface area (Å²) in [6.45, 7) is 2.67. The van der Waals surface area contributed by atoms with Gasteiger partial charge in [0.15, 0.2) is 0 Å². The van der Waals surface area contributed by atoms with E-state index in [1.807, 2.05) is 0 Å². The lowest BCUT2D eigenvalue weighted by atomic mass is 10.2. The second-order valence-corrected chi connectivity index (χ2v) is 8.82. The van der Waals surface area contributed by atoms with Crippen molar-refractivity contribution in [1.82, 2.24) is 14.2 Å². The molecule has 0 radical (unpaired) electrons. The van der Waals surface area contributed by atoms with Crippen LogP contribution in [0.4, 0.5) is 0 Å². The van der Waals surface area contributed by atoms with Gasteiger partial charge in [0, 0.05) is 32.7 Å². The van der Waals surface area contributed by atoms with E-state index in [2.05, 4.69) is 9.88 Å². The molecule has 0 bridgehead atoms. The fourth-order valence-corrected chi connectivity index (χ4v) is 5.21. The fourth-order valence-electron chi connectivity index (χ4n) is 2.78. The van der Waals surface area contributed by atoms with E-state index in [9.17, 15) is 8.42 Å². The van der Waals surface area contributed by atoms with Gasteiger partial charge in [-0.1, -0.05) is 46.9 Å². The molecular weight excluding hydrogens is 405 g/mol. The van der Waals surface area contributed by atoms with Crippen molar-refractivity contribution in [2.45, 2.75) is 11.4 Å². The van der Waals surface area contributed by atoms with E-state index in [0.717, 1.165) is 5.56 Å². The van der Waals surface area contributed by atoms with Crippen LogP contribution in [0.3, 0.4) is 0 Å². The molecule has 0 saturated carbocycles. The van der Waals surface area contributed by atoms with Crippen molar-refractivity contribution in [2.75, 3.05) is 26.2 Å². The number of benzene rings is 1. The molecule has 1 aliphatic rings. The van der Waals surface area contributed by atoms with Crippen molar-refractivity contribution in [3.8, 4) is 0 Å². The van der Waals surface area contributed by atoms with Crippen molar-refractivity contribution >= 4 is 44.8 Å². The van der Waals surface area contributed by atoms with Gasteiger partial charge in [0.2, 0.25) is 10.0 Å². The number of hydrogen-bond donors (Lipinski definition) is 0. The van der Waals surface area contributed by atoms with Crippen molar-refractivity contribution < 1.29 is 8.42 Å². The first-order valence-corrected chi connectivity index (χ1v) is 10.2. The van der Waals surface area contributed by atoms with Gasteiger partial charge in [-0.05, 0) is 29.8 Å². The highest BCUT2D eigenvalue weighted by Crippen LogP contribution is 2.25. The molecule has 1 aromatic heterocycles. The molecule has 9 heteroatoms. The summed E-state index contributed by atoms with van der Waals surface area (Å²) in [7, 11) is -3.58. The van der Waals surface area contributed by atoms with Crippen molar-refractivity contribution in [2.24, 2.45) is 0 Å². The molecule has 1 aliphatic heterocycles. The van der Waals surface area contributed by atoms with E-state index < -0.39 is 10.0 Å². The molecular formula is C16H16Cl3N3O2S. The topological polar surface area (TPSA) is 53.5 Å².